The van der Waals surface area contributed by atoms with Crippen molar-refractivity contribution in [3.63, 3.8) is 0 Å². The average Bonchev–Trinajstić information content (AvgIpc) is 2.45. The summed E-state index contributed by atoms with van der Waals surface area (Å²) >= 11 is 0. The highest BCUT2D eigenvalue weighted by Gasteiger charge is 2.32. The third kappa shape index (κ3) is 3.71. The van der Waals surface area contributed by atoms with Gasteiger partial charge in [-0.15, -0.1) is 0 Å². The van der Waals surface area contributed by atoms with Gasteiger partial charge < -0.3 is 10.4 Å². The molecule has 1 aromatic carbocycles. The summed E-state index contributed by atoms with van der Waals surface area (Å²) < 4.78 is 38.5. The minimum atomic E-state index is -4.44. The number of nitrogens with zero attached hydrogens (tertiary/aromatic N) is 1. The summed E-state index contributed by atoms with van der Waals surface area (Å²) in [5.41, 5.74) is -0.844. The molecule has 1 aromatic heterocycles. The van der Waals surface area contributed by atoms with E-state index < -0.39 is 17.7 Å². The van der Waals surface area contributed by atoms with Gasteiger partial charge in [0.2, 0.25) is 0 Å². The molecule has 0 bridgehead atoms. The quantitative estimate of drug-likeness (QED) is 0.907. The van der Waals surface area contributed by atoms with E-state index in [2.05, 4.69) is 10.3 Å². The number of pyridine rings is 1. The number of rotatable bonds is 4. The van der Waals surface area contributed by atoms with Crippen molar-refractivity contribution in [2.24, 2.45) is 0 Å². The molecule has 0 aliphatic carbocycles. The molecule has 0 aliphatic heterocycles. The zero-order chi connectivity index (χ0) is 15.5. The van der Waals surface area contributed by atoms with Gasteiger partial charge in [0.1, 0.15) is 5.82 Å². The monoisotopic (exact) mass is 296 g/mol. The average molecular weight is 296 g/mol. The van der Waals surface area contributed by atoms with Crippen LogP contribution in [0.5, 0.6) is 0 Å². The van der Waals surface area contributed by atoms with Crippen LogP contribution in [-0.4, -0.2) is 16.1 Å². The maximum absolute atomic E-state index is 12.8. The van der Waals surface area contributed by atoms with Crippen molar-refractivity contribution >= 4 is 11.8 Å². The Bertz CT molecular complexity index is 657. The lowest BCUT2D eigenvalue weighted by Crippen LogP contribution is -2.12. The Labute approximate surface area is 118 Å². The summed E-state index contributed by atoms with van der Waals surface area (Å²) in [6.45, 7) is -0.105. The molecule has 0 fully saturated rings. The van der Waals surface area contributed by atoms with Gasteiger partial charge in [-0.2, -0.15) is 13.2 Å². The number of carbonyl (C=O) groups is 1. The van der Waals surface area contributed by atoms with E-state index in [4.69, 9.17) is 5.11 Å². The largest absolute Gasteiger partial charge is 0.477 e. The lowest BCUT2D eigenvalue weighted by Gasteiger charge is -2.13. The van der Waals surface area contributed by atoms with Crippen molar-refractivity contribution in [3.8, 4) is 0 Å². The Morgan fingerprint density at radius 2 is 1.86 bits per heavy atom. The van der Waals surface area contributed by atoms with Gasteiger partial charge in [0.15, 0.2) is 5.69 Å². The first-order chi connectivity index (χ1) is 9.88. The van der Waals surface area contributed by atoms with Crippen molar-refractivity contribution in [1.29, 1.82) is 0 Å². The Balaban J connectivity index is 2.17. The number of anilines is 1. The Kier molecular flexibility index (Phi) is 4.11. The molecule has 2 rings (SSSR count). The fraction of sp³-hybridized carbons (Fsp3) is 0.143. The second-order valence-electron chi connectivity index (χ2n) is 4.22. The van der Waals surface area contributed by atoms with Crippen molar-refractivity contribution in [3.05, 3.63) is 59.3 Å². The summed E-state index contributed by atoms with van der Waals surface area (Å²) in [6, 6.07) is 9.44. The highest BCUT2D eigenvalue weighted by Crippen LogP contribution is 2.32. The van der Waals surface area contributed by atoms with E-state index in [1.165, 1.54) is 36.4 Å². The van der Waals surface area contributed by atoms with Crippen LogP contribution in [0.1, 0.15) is 21.6 Å². The number of carboxylic acids is 1. The summed E-state index contributed by atoms with van der Waals surface area (Å²) in [7, 11) is 0. The van der Waals surface area contributed by atoms with Crippen LogP contribution in [0.15, 0.2) is 42.5 Å². The highest BCUT2D eigenvalue weighted by molar-refractivity contribution is 5.85. The zero-order valence-corrected chi connectivity index (χ0v) is 10.7. The van der Waals surface area contributed by atoms with Gasteiger partial charge in [0.05, 0.1) is 5.56 Å². The molecule has 110 valence electrons. The molecule has 0 atom stereocenters. The van der Waals surface area contributed by atoms with Crippen molar-refractivity contribution < 1.29 is 23.1 Å². The van der Waals surface area contributed by atoms with Crippen LogP contribution in [0.3, 0.4) is 0 Å². The highest BCUT2D eigenvalue weighted by atomic mass is 19.4. The summed E-state index contributed by atoms with van der Waals surface area (Å²) in [5.74, 6) is -0.999. The van der Waals surface area contributed by atoms with Crippen molar-refractivity contribution in [1.82, 2.24) is 4.98 Å². The van der Waals surface area contributed by atoms with E-state index in [0.29, 0.717) is 0 Å². The summed E-state index contributed by atoms with van der Waals surface area (Å²) in [5, 5.41) is 11.5. The zero-order valence-electron chi connectivity index (χ0n) is 10.7. The maximum atomic E-state index is 12.8. The van der Waals surface area contributed by atoms with E-state index >= 15 is 0 Å². The molecule has 2 N–H and O–H groups in total. The van der Waals surface area contributed by atoms with E-state index in [-0.39, 0.29) is 23.6 Å². The number of benzene rings is 1. The number of halogens is 3. The van der Waals surface area contributed by atoms with Gasteiger partial charge in [-0.1, -0.05) is 24.3 Å². The molecule has 7 heteroatoms. The number of hydrogen-bond acceptors (Lipinski definition) is 3. The topological polar surface area (TPSA) is 62.2 Å². The van der Waals surface area contributed by atoms with Gasteiger partial charge in [-0.3, -0.25) is 0 Å². The normalized spacial score (nSPS) is 11.2. The second kappa shape index (κ2) is 5.82. The van der Waals surface area contributed by atoms with E-state index in [9.17, 15) is 18.0 Å². The maximum Gasteiger partial charge on any atom is 0.416 e. The molecule has 0 amide bonds. The Morgan fingerprint density at radius 1 is 1.14 bits per heavy atom. The number of alkyl halides is 3. The lowest BCUT2D eigenvalue weighted by atomic mass is 10.1. The molecular weight excluding hydrogens is 285 g/mol. The summed E-state index contributed by atoms with van der Waals surface area (Å²) in [6.07, 6.45) is -4.44. The third-order valence-electron chi connectivity index (χ3n) is 2.75. The smallest absolute Gasteiger partial charge is 0.416 e. The van der Waals surface area contributed by atoms with Crippen molar-refractivity contribution in [2.45, 2.75) is 12.7 Å². The third-order valence-corrected chi connectivity index (χ3v) is 2.75. The number of nitrogens with one attached hydrogen (secondary N) is 1. The van der Waals surface area contributed by atoms with Crippen LogP contribution in [-0.2, 0) is 12.7 Å². The number of hydrogen-bond donors (Lipinski definition) is 2. The van der Waals surface area contributed by atoms with E-state index in [0.717, 1.165) is 6.07 Å². The first-order valence-electron chi connectivity index (χ1n) is 5.97. The fourth-order valence-electron chi connectivity index (χ4n) is 1.79. The van der Waals surface area contributed by atoms with Gasteiger partial charge >= 0.3 is 12.1 Å². The minimum absolute atomic E-state index is 0.0625. The predicted octanol–water partition coefficient (Wildman–Crippen LogP) is 3.41. The van der Waals surface area contributed by atoms with Gasteiger partial charge in [0.25, 0.3) is 0 Å². The lowest BCUT2D eigenvalue weighted by molar-refractivity contribution is -0.138. The predicted molar refractivity (Wildman–Crippen MR) is 70.0 cm³/mol. The number of carboxylic acid groups (broad SMARTS) is 1. The van der Waals surface area contributed by atoms with Crippen LogP contribution >= 0.6 is 0 Å². The first kappa shape index (κ1) is 14.8. The van der Waals surface area contributed by atoms with E-state index in [1.807, 2.05) is 0 Å². The number of aromatic nitrogens is 1. The van der Waals surface area contributed by atoms with Crippen LogP contribution in [0.2, 0.25) is 0 Å². The Hall–Kier alpha value is -2.57. The molecule has 2 aromatic rings. The molecule has 0 spiro atoms. The standard InChI is InChI=1S/C14H11F3N2O2/c15-14(16,17)10-5-2-1-4-9(10)8-18-12-7-3-6-11(19-12)13(20)21/h1-7H,8H2,(H,18,19)(H,20,21). The minimum Gasteiger partial charge on any atom is -0.477 e. The molecule has 0 radical (unpaired) electrons. The Morgan fingerprint density at radius 3 is 2.52 bits per heavy atom. The molecule has 0 saturated carbocycles. The molecular formula is C14H11F3N2O2. The second-order valence-corrected chi connectivity index (χ2v) is 4.22. The van der Waals surface area contributed by atoms with Crippen LogP contribution in [0.25, 0.3) is 0 Å². The molecule has 0 aliphatic rings. The van der Waals surface area contributed by atoms with Crippen LogP contribution < -0.4 is 5.32 Å². The van der Waals surface area contributed by atoms with E-state index in [1.54, 1.807) is 0 Å². The fourth-order valence-corrected chi connectivity index (χ4v) is 1.79. The molecule has 1 heterocycles. The molecule has 0 saturated heterocycles. The molecule has 21 heavy (non-hydrogen) atoms. The van der Waals surface area contributed by atoms with Crippen LogP contribution in [0, 0.1) is 0 Å². The molecule has 4 nitrogen and oxygen atoms in total. The number of aromatic carboxylic acids is 1. The van der Waals surface area contributed by atoms with Crippen LogP contribution in [0.4, 0.5) is 19.0 Å². The SMILES string of the molecule is O=C(O)c1cccc(NCc2ccccc2C(F)(F)F)n1. The first-order valence-corrected chi connectivity index (χ1v) is 5.97. The van der Waals surface area contributed by atoms with Crippen molar-refractivity contribution in [2.75, 3.05) is 5.32 Å². The molecule has 0 unspecified atom stereocenters. The van der Waals surface area contributed by atoms with Gasteiger partial charge in [-0.05, 0) is 23.8 Å². The van der Waals surface area contributed by atoms with Gasteiger partial charge in [0, 0.05) is 6.54 Å². The summed E-state index contributed by atoms with van der Waals surface area (Å²) in [4.78, 5) is 14.6. The van der Waals surface area contributed by atoms with Gasteiger partial charge in [-0.25, -0.2) is 9.78 Å².